The number of ether oxygens (including phenoxy) is 6. The normalized spacial score (nSPS) is 12.3. The zero-order chi connectivity index (χ0) is 17.2. The van der Waals surface area contributed by atoms with Gasteiger partial charge in [0.2, 0.25) is 0 Å². The molecule has 0 saturated heterocycles. The van der Waals surface area contributed by atoms with Crippen LogP contribution in [0.25, 0.3) is 0 Å². The van der Waals surface area contributed by atoms with Crippen LogP contribution >= 0.6 is 0 Å². The maximum atomic E-state index is 10.5. The van der Waals surface area contributed by atoms with Gasteiger partial charge in [0.1, 0.15) is 6.61 Å². The molecular weight excluding hydrogens is 308 g/mol. The number of hydrogen-bond acceptors (Lipinski definition) is 7. The lowest BCUT2D eigenvalue weighted by Gasteiger charge is -2.17. The first-order valence-electron chi connectivity index (χ1n) is 7.99. The van der Waals surface area contributed by atoms with Gasteiger partial charge in [-0.15, -0.1) is 0 Å². The SMILES string of the molecule is CCOCCOCCOC(CCOCCOCC)COC(=O)O. The van der Waals surface area contributed by atoms with E-state index in [0.29, 0.717) is 65.9 Å². The van der Waals surface area contributed by atoms with Crippen molar-refractivity contribution in [3.8, 4) is 0 Å². The minimum Gasteiger partial charge on any atom is -0.450 e. The van der Waals surface area contributed by atoms with E-state index in [9.17, 15) is 4.79 Å². The van der Waals surface area contributed by atoms with Crippen molar-refractivity contribution in [2.75, 3.05) is 66.1 Å². The highest BCUT2D eigenvalue weighted by Crippen LogP contribution is 2.01. The van der Waals surface area contributed by atoms with Gasteiger partial charge in [0, 0.05) is 26.2 Å². The molecule has 0 aliphatic carbocycles. The Bertz CT molecular complexity index is 262. The molecule has 0 heterocycles. The first-order chi connectivity index (χ1) is 11.2. The van der Waals surface area contributed by atoms with E-state index in [0.717, 1.165) is 0 Å². The van der Waals surface area contributed by atoms with E-state index in [1.165, 1.54) is 0 Å². The molecular formula is C15H30O8. The molecule has 0 aromatic carbocycles. The second-order valence-electron chi connectivity index (χ2n) is 4.48. The molecule has 0 rings (SSSR count). The third-order valence-corrected chi connectivity index (χ3v) is 2.71. The van der Waals surface area contributed by atoms with Crippen LogP contribution in [0, 0.1) is 0 Å². The molecule has 138 valence electrons. The summed E-state index contributed by atoms with van der Waals surface area (Å²) in [4.78, 5) is 10.5. The molecule has 0 radical (unpaired) electrons. The molecule has 0 fully saturated rings. The predicted molar refractivity (Wildman–Crippen MR) is 83.0 cm³/mol. The van der Waals surface area contributed by atoms with Gasteiger partial charge in [0.15, 0.2) is 0 Å². The highest BCUT2D eigenvalue weighted by atomic mass is 16.7. The summed E-state index contributed by atoms with van der Waals surface area (Å²) < 4.78 is 31.1. The number of rotatable bonds is 17. The van der Waals surface area contributed by atoms with Gasteiger partial charge in [-0.25, -0.2) is 4.79 Å². The van der Waals surface area contributed by atoms with Crippen LogP contribution in [-0.2, 0) is 28.4 Å². The Kier molecular flexibility index (Phi) is 16.7. The quantitative estimate of drug-likeness (QED) is 0.315. The lowest BCUT2D eigenvalue weighted by molar-refractivity contribution is -0.0497. The third kappa shape index (κ3) is 17.3. The molecule has 1 N–H and O–H groups in total. The molecule has 0 bridgehead atoms. The van der Waals surface area contributed by atoms with E-state index < -0.39 is 6.16 Å². The van der Waals surface area contributed by atoms with E-state index in [2.05, 4.69) is 4.74 Å². The molecule has 0 aromatic rings. The van der Waals surface area contributed by atoms with Crippen LogP contribution in [0.2, 0.25) is 0 Å². The molecule has 1 unspecified atom stereocenters. The molecule has 0 aliphatic heterocycles. The largest absolute Gasteiger partial charge is 0.505 e. The summed E-state index contributed by atoms with van der Waals surface area (Å²) in [6.07, 6.45) is -1.13. The monoisotopic (exact) mass is 338 g/mol. The summed E-state index contributed by atoms with van der Waals surface area (Å²) in [6.45, 7) is 8.47. The van der Waals surface area contributed by atoms with Crippen molar-refractivity contribution in [3.05, 3.63) is 0 Å². The number of hydrogen-bond donors (Lipinski definition) is 1. The van der Waals surface area contributed by atoms with E-state index in [1.807, 2.05) is 13.8 Å². The van der Waals surface area contributed by atoms with E-state index in [-0.39, 0.29) is 12.7 Å². The minimum atomic E-state index is -1.32. The molecule has 0 spiro atoms. The zero-order valence-electron chi connectivity index (χ0n) is 14.2. The fraction of sp³-hybridized carbons (Fsp3) is 0.933. The van der Waals surface area contributed by atoms with Gasteiger partial charge in [-0.05, 0) is 13.8 Å². The number of carbonyl (C=O) groups is 1. The fourth-order valence-corrected chi connectivity index (χ4v) is 1.60. The maximum absolute atomic E-state index is 10.5. The van der Waals surface area contributed by atoms with Crippen molar-refractivity contribution in [2.24, 2.45) is 0 Å². The predicted octanol–water partition coefficient (Wildman–Crippen LogP) is 1.56. The van der Waals surface area contributed by atoms with Crippen LogP contribution in [-0.4, -0.2) is 83.4 Å². The van der Waals surface area contributed by atoms with Crippen molar-refractivity contribution >= 4 is 6.16 Å². The van der Waals surface area contributed by atoms with Gasteiger partial charge in [-0.2, -0.15) is 0 Å². The van der Waals surface area contributed by atoms with E-state index >= 15 is 0 Å². The third-order valence-electron chi connectivity index (χ3n) is 2.71. The Morgan fingerprint density at radius 2 is 1.35 bits per heavy atom. The first kappa shape index (κ1) is 22.1. The molecule has 23 heavy (non-hydrogen) atoms. The van der Waals surface area contributed by atoms with Crippen molar-refractivity contribution in [3.63, 3.8) is 0 Å². The molecule has 0 aliphatic rings. The maximum Gasteiger partial charge on any atom is 0.505 e. The lowest BCUT2D eigenvalue weighted by Crippen LogP contribution is -2.25. The van der Waals surface area contributed by atoms with Crippen LogP contribution in [0.5, 0.6) is 0 Å². The van der Waals surface area contributed by atoms with Crippen molar-refractivity contribution in [1.29, 1.82) is 0 Å². The Morgan fingerprint density at radius 3 is 1.91 bits per heavy atom. The van der Waals surface area contributed by atoms with Crippen LogP contribution in [0.4, 0.5) is 4.79 Å². The average molecular weight is 338 g/mol. The second kappa shape index (κ2) is 17.4. The molecule has 0 amide bonds. The Labute approximate surface area is 137 Å². The van der Waals surface area contributed by atoms with Crippen molar-refractivity contribution in [2.45, 2.75) is 26.4 Å². The van der Waals surface area contributed by atoms with Gasteiger partial charge >= 0.3 is 6.16 Å². The van der Waals surface area contributed by atoms with Gasteiger partial charge in [-0.1, -0.05) is 0 Å². The van der Waals surface area contributed by atoms with Crippen LogP contribution in [0.15, 0.2) is 0 Å². The van der Waals surface area contributed by atoms with Gasteiger partial charge in [0.05, 0.1) is 45.7 Å². The lowest BCUT2D eigenvalue weighted by atomic mass is 10.3. The molecule has 0 aromatic heterocycles. The minimum absolute atomic E-state index is 0.0247. The molecule has 0 saturated carbocycles. The number of carboxylic acid groups (broad SMARTS) is 1. The summed E-state index contributed by atoms with van der Waals surface area (Å²) in [5, 5.41) is 8.56. The summed E-state index contributed by atoms with van der Waals surface area (Å²) in [6, 6.07) is 0. The van der Waals surface area contributed by atoms with Gasteiger partial charge < -0.3 is 33.5 Å². The summed E-state index contributed by atoms with van der Waals surface area (Å²) in [5.74, 6) is 0. The molecule has 8 heteroatoms. The van der Waals surface area contributed by atoms with E-state index in [1.54, 1.807) is 0 Å². The van der Waals surface area contributed by atoms with Crippen LogP contribution in [0.3, 0.4) is 0 Å². The summed E-state index contributed by atoms with van der Waals surface area (Å²) in [7, 11) is 0. The summed E-state index contributed by atoms with van der Waals surface area (Å²) in [5.41, 5.74) is 0. The highest BCUT2D eigenvalue weighted by Gasteiger charge is 2.12. The smallest absolute Gasteiger partial charge is 0.450 e. The summed E-state index contributed by atoms with van der Waals surface area (Å²) >= 11 is 0. The average Bonchev–Trinajstić information content (AvgIpc) is 2.53. The van der Waals surface area contributed by atoms with Crippen LogP contribution in [0.1, 0.15) is 20.3 Å². The van der Waals surface area contributed by atoms with Crippen molar-refractivity contribution < 1.29 is 38.3 Å². The fourth-order valence-electron chi connectivity index (χ4n) is 1.60. The van der Waals surface area contributed by atoms with Gasteiger partial charge in [-0.3, -0.25) is 0 Å². The van der Waals surface area contributed by atoms with Crippen LogP contribution < -0.4 is 0 Å². The first-order valence-corrected chi connectivity index (χ1v) is 7.99. The highest BCUT2D eigenvalue weighted by molar-refractivity contribution is 5.56. The Hall–Kier alpha value is -0.930. The molecule has 8 nitrogen and oxygen atoms in total. The van der Waals surface area contributed by atoms with E-state index in [4.69, 9.17) is 28.8 Å². The second-order valence-corrected chi connectivity index (χ2v) is 4.48. The topological polar surface area (TPSA) is 92.7 Å². The Balaban J connectivity index is 3.71. The van der Waals surface area contributed by atoms with Crippen molar-refractivity contribution in [1.82, 2.24) is 0 Å². The zero-order valence-corrected chi connectivity index (χ0v) is 14.2. The Morgan fingerprint density at radius 1 is 0.826 bits per heavy atom. The standard InChI is InChI=1S/C15H30O8/c1-3-18-7-9-20-6-5-14(13-23-15(16)17)22-12-11-21-10-8-19-4-2/h14H,3-13H2,1-2H3,(H,16,17). The van der Waals surface area contributed by atoms with Gasteiger partial charge in [0.25, 0.3) is 0 Å². The molecule has 1 atom stereocenters.